The van der Waals surface area contributed by atoms with Gasteiger partial charge in [0, 0.05) is 25.6 Å². The standard InChI is InChI=1S/C13H25N3/c14-12-7-4-3-6-11(12)10-16-9-5-1-2-8-13(16)15/h11-12,15H,1-10,14H2. The van der Waals surface area contributed by atoms with E-state index in [0.29, 0.717) is 12.0 Å². The number of amidine groups is 1. The smallest absolute Gasteiger partial charge is 0.0957 e. The van der Waals surface area contributed by atoms with Crippen LogP contribution in [0.1, 0.15) is 51.4 Å². The minimum atomic E-state index is 0.379. The Morgan fingerprint density at radius 2 is 1.94 bits per heavy atom. The molecule has 2 aliphatic rings. The van der Waals surface area contributed by atoms with Gasteiger partial charge in [-0.25, -0.2) is 0 Å². The van der Waals surface area contributed by atoms with E-state index in [2.05, 4.69) is 4.90 Å². The van der Waals surface area contributed by atoms with Crippen LogP contribution in [-0.2, 0) is 0 Å². The van der Waals surface area contributed by atoms with E-state index in [1.807, 2.05) is 0 Å². The molecule has 0 aromatic heterocycles. The van der Waals surface area contributed by atoms with E-state index in [-0.39, 0.29) is 0 Å². The van der Waals surface area contributed by atoms with Crippen LogP contribution in [-0.4, -0.2) is 29.9 Å². The molecular weight excluding hydrogens is 198 g/mol. The Morgan fingerprint density at radius 3 is 2.75 bits per heavy atom. The fourth-order valence-electron chi connectivity index (χ4n) is 3.01. The van der Waals surface area contributed by atoms with Crippen molar-refractivity contribution in [3.05, 3.63) is 0 Å². The average molecular weight is 223 g/mol. The maximum absolute atomic E-state index is 8.06. The topological polar surface area (TPSA) is 53.1 Å². The van der Waals surface area contributed by atoms with Gasteiger partial charge >= 0.3 is 0 Å². The Balaban J connectivity index is 1.88. The molecule has 1 aliphatic heterocycles. The van der Waals surface area contributed by atoms with E-state index in [4.69, 9.17) is 11.1 Å². The number of hydrogen-bond acceptors (Lipinski definition) is 2. The fraction of sp³-hybridized carbons (Fsp3) is 0.923. The van der Waals surface area contributed by atoms with Gasteiger partial charge in [-0.2, -0.15) is 0 Å². The summed E-state index contributed by atoms with van der Waals surface area (Å²) in [6, 6.07) is 0.379. The Hall–Kier alpha value is -0.570. The predicted molar refractivity (Wildman–Crippen MR) is 67.7 cm³/mol. The highest BCUT2D eigenvalue weighted by atomic mass is 15.2. The summed E-state index contributed by atoms with van der Waals surface area (Å²) in [7, 11) is 0. The predicted octanol–water partition coefficient (Wildman–Crippen LogP) is 2.36. The molecule has 3 N–H and O–H groups in total. The molecule has 2 rings (SSSR count). The van der Waals surface area contributed by atoms with Crippen LogP contribution in [0.2, 0.25) is 0 Å². The van der Waals surface area contributed by atoms with Crippen molar-refractivity contribution in [2.24, 2.45) is 11.7 Å². The second kappa shape index (κ2) is 5.67. The van der Waals surface area contributed by atoms with E-state index < -0.39 is 0 Å². The Bertz CT molecular complexity index is 239. The van der Waals surface area contributed by atoms with Gasteiger partial charge in [0.2, 0.25) is 0 Å². The number of nitrogens with zero attached hydrogens (tertiary/aromatic N) is 1. The van der Waals surface area contributed by atoms with Crippen LogP contribution in [0.5, 0.6) is 0 Å². The first-order valence-electron chi connectivity index (χ1n) is 6.85. The van der Waals surface area contributed by atoms with Gasteiger partial charge in [-0.05, 0) is 31.6 Å². The number of hydrogen-bond donors (Lipinski definition) is 2. The number of nitrogens with two attached hydrogens (primary N) is 1. The quantitative estimate of drug-likeness (QED) is 0.755. The summed E-state index contributed by atoms with van der Waals surface area (Å²) in [5.74, 6) is 1.49. The van der Waals surface area contributed by atoms with Crippen LogP contribution in [0.15, 0.2) is 0 Å². The molecule has 0 aromatic rings. The van der Waals surface area contributed by atoms with Gasteiger partial charge in [0.1, 0.15) is 0 Å². The lowest BCUT2D eigenvalue weighted by molar-refractivity contribution is 0.242. The zero-order chi connectivity index (χ0) is 11.4. The molecule has 92 valence electrons. The molecule has 2 fully saturated rings. The summed E-state index contributed by atoms with van der Waals surface area (Å²) in [6.07, 6.45) is 9.80. The zero-order valence-electron chi connectivity index (χ0n) is 10.3. The van der Waals surface area contributed by atoms with Gasteiger partial charge in [-0.3, -0.25) is 5.41 Å². The lowest BCUT2D eigenvalue weighted by Crippen LogP contribution is -2.43. The number of likely N-dealkylation sites (tertiary alicyclic amines) is 1. The van der Waals surface area contributed by atoms with E-state index in [1.165, 1.54) is 44.9 Å². The molecule has 0 amide bonds. The first kappa shape index (κ1) is 11.9. The molecule has 1 saturated heterocycles. The van der Waals surface area contributed by atoms with Crippen molar-refractivity contribution in [3.63, 3.8) is 0 Å². The first-order valence-corrected chi connectivity index (χ1v) is 6.85. The van der Waals surface area contributed by atoms with Gasteiger partial charge in [0.05, 0.1) is 5.84 Å². The summed E-state index contributed by atoms with van der Waals surface area (Å²) in [6.45, 7) is 2.13. The van der Waals surface area contributed by atoms with Crippen molar-refractivity contribution < 1.29 is 0 Å². The normalized spacial score (nSPS) is 32.6. The van der Waals surface area contributed by atoms with Gasteiger partial charge in [-0.15, -0.1) is 0 Å². The van der Waals surface area contributed by atoms with Crippen molar-refractivity contribution in [1.29, 1.82) is 5.41 Å². The molecule has 0 aromatic carbocycles. The van der Waals surface area contributed by atoms with Crippen molar-refractivity contribution in [2.45, 2.75) is 57.4 Å². The van der Waals surface area contributed by atoms with Gasteiger partial charge in [0.25, 0.3) is 0 Å². The summed E-state index contributed by atoms with van der Waals surface area (Å²) < 4.78 is 0. The molecule has 0 radical (unpaired) electrons. The lowest BCUT2D eigenvalue weighted by atomic mass is 9.84. The largest absolute Gasteiger partial charge is 0.360 e. The van der Waals surface area contributed by atoms with Crippen molar-refractivity contribution in [1.82, 2.24) is 4.90 Å². The molecule has 1 aliphatic carbocycles. The summed E-state index contributed by atoms with van der Waals surface area (Å²) in [5, 5.41) is 8.06. The molecule has 1 heterocycles. The van der Waals surface area contributed by atoms with Crippen LogP contribution in [0.3, 0.4) is 0 Å². The number of rotatable bonds is 2. The average Bonchev–Trinajstić information content (AvgIpc) is 2.48. The minimum absolute atomic E-state index is 0.379. The van der Waals surface area contributed by atoms with Crippen molar-refractivity contribution >= 4 is 5.84 Å². The third-order valence-electron chi connectivity index (χ3n) is 4.15. The van der Waals surface area contributed by atoms with E-state index >= 15 is 0 Å². The van der Waals surface area contributed by atoms with Crippen LogP contribution in [0, 0.1) is 11.3 Å². The van der Waals surface area contributed by atoms with Crippen LogP contribution in [0.4, 0.5) is 0 Å². The third kappa shape index (κ3) is 2.97. The van der Waals surface area contributed by atoms with Crippen molar-refractivity contribution in [2.75, 3.05) is 13.1 Å². The Morgan fingerprint density at radius 1 is 1.12 bits per heavy atom. The zero-order valence-corrected chi connectivity index (χ0v) is 10.3. The SMILES string of the molecule is N=C1CCCCCN1CC1CCCCC1N. The fourth-order valence-corrected chi connectivity index (χ4v) is 3.01. The van der Waals surface area contributed by atoms with Crippen molar-refractivity contribution in [3.8, 4) is 0 Å². The molecule has 16 heavy (non-hydrogen) atoms. The Labute approximate surface area is 98.9 Å². The monoisotopic (exact) mass is 223 g/mol. The maximum Gasteiger partial charge on any atom is 0.0957 e. The van der Waals surface area contributed by atoms with E-state index in [1.54, 1.807) is 0 Å². The summed E-state index contributed by atoms with van der Waals surface area (Å²) in [4.78, 5) is 2.29. The molecule has 3 nitrogen and oxygen atoms in total. The maximum atomic E-state index is 8.06. The summed E-state index contributed by atoms with van der Waals surface area (Å²) in [5.41, 5.74) is 6.18. The molecule has 2 unspecified atom stereocenters. The highest BCUT2D eigenvalue weighted by Crippen LogP contribution is 2.25. The van der Waals surface area contributed by atoms with Crippen LogP contribution in [0.25, 0.3) is 0 Å². The number of nitrogens with one attached hydrogen (secondary N) is 1. The lowest BCUT2D eigenvalue weighted by Gasteiger charge is -2.34. The van der Waals surface area contributed by atoms with E-state index in [9.17, 15) is 0 Å². The van der Waals surface area contributed by atoms with Gasteiger partial charge in [-0.1, -0.05) is 19.3 Å². The van der Waals surface area contributed by atoms with Gasteiger partial charge in [0.15, 0.2) is 0 Å². The first-order chi connectivity index (χ1) is 7.77. The van der Waals surface area contributed by atoms with Gasteiger partial charge < -0.3 is 10.6 Å². The highest BCUT2D eigenvalue weighted by molar-refractivity contribution is 5.79. The molecular formula is C13H25N3. The third-order valence-corrected chi connectivity index (χ3v) is 4.15. The van der Waals surface area contributed by atoms with E-state index in [0.717, 1.165) is 25.3 Å². The van der Waals surface area contributed by atoms with Crippen LogP contribution < -0.4 is 5.73 Å². The molecule has 3 heteroatoms. The Kier molecular flexibility index (Phi) is 4.22. The molecule has 1 saturated carbocycles. The molecule has 2 atom stereocenters. The summed E-state index contributed by atoms with van der Waals surface area (Å²) >= 11 is 0. The second-order valence-electron chi connectivity index (χ2n) is 5.41. The molecule has 0 bridgehead atoms. The molecule has 0 spiro atoms. The highest BCUT2D eigenvalue weighted by Gasteiger charge is 2.25. The minimum Gasteiger partial charge on any atom is -0.360 e. The van der Waals surface area contributed by atoms with Crippen LogP contribution >= 0.6 is 0 Å². The second-order valence-corrected chi connectivity index (χ2v) is 5.41.